The Kier molecular flexibility index (Phi) is 6.13. The van der Waals surface area contributed by atoms with E-state index < -0.39 is 0 Å². The van der Waals surface area contributed by atoms with Gasteiger partial charge in [0.15, 0.2) is 5.82 Å². The Morgan fingerprint density at radius 1 is 1.23 bits per heavy atom. The lowest BCUT2D eigenvalue weighted by atomic mass is 10.1. The number of hydrogen-bond acceptors (Lipinski definition) is 7. The summed E-state index contributed by atoms with van der Waals surface area (Å²) in [6, 6.07) is 9.22. The topological polar surface area (TPSA) is 96.2 Å². The molecule has 3 heterocycles. The standard InChI is InChI=1S/C21H23ClN6O2/c1-14-19(20(27-30-14)16-6-2-3-7-17(16)22)21(29)24-9-8-23-18-12-15(13-25-26-18)28-10-4-5-11-28/h2-3,6-7,12-13H,4-5,8-11H2,1H3,(H,23,26)(H,24,29). The molecule has 0 atom stereocenters. The number of nitrogens with one attached hydrogen (secondary N) is 2. The Bertz CT molecular complexity index is 1030. The summed E-state index contributed by atoms with van der Waals surface area (Å²) in [4.78, 5) is 15.1. The molecule has 2 aromatic heterocycles. The molecule has 9 heteroatoms. The highest BCUT2D eigenvalue weighted by Crippen LogP contribution is 2.30. The van der Waals surface area contributed by atoms with E-state index in [2.05, 4.69) is 30.9 Å². The van der Waals surface area contributed by atoms with Crippen molar-refractivity contribution < 1.29 is 9.32 Å². The molecule has 1 aliphatic heterocycles. The Labute approximate surface area is 179 Å². The molecule has 1 amide bonds. The van der Waals surface area contributed by atoms with Crippen molar-refractivity contribution in [3.63, 3.8) is 0 Å². The van der Waals surface area contributed by atoms with E-state index in [0.717, 1.165) is 18.8 Å². The Hall–Kier alpha value is -3.13. The van der Waals surface area contributed by atoms with Crippen molar-refractivity contribution in [3.05, 3.63) is 52.9 Å². The summed E-state index contributed by atoms with van der Waals surface area (Å²) in [6.07, 6.45) is 4.19. The van der Waals surface area contributed by atoms with Crippen molar-refractivity contribution in [2.75, 3.05) is 36.4 Å². The zero-order chi connectivity index (χ0) is 20.9. The summed E-state index contributed by atoms with van der Waals surface area (Å²) < 4.78 is 5.26. The second kappa shape index (κ2) is 9.13. The largest absolute Gasteiger partial charge is 0.370 e. The van der Waals surface area contributed by atoms with Crippen molar-refractivity contribution in [1.82, 2.24) is 20.7 Å². The highest BCUT2D eigenvalue weighted by molar-refractivity contribution is 6.33. The molecule has 0 spiro atoms. The molecule has 8 nitrogen and oxygen atoms in total. The number of aromatic nitrogens is 3. The van der Waals surface area contributed by atoms with Crippen LogP contribution in [0, 0.1) is 6.92 Å². The number of rotatable bonds is 7. The fourth-order valence-electron chi connectivity index (χ4n) is 3.52. The van der Waals surface area contributed by atoms with Crippen LogP contribution < -0.4 is 15.5 Å². The molecule has 0 bridgehead atoms. The molecule has 1 saturated heterocycles. The number of benzene rings is 1. The number of anilines is 2. The fourth-order valence-corrected chi connectivity index (χ4v) is 3.75. The van der Waals surface area contributed by atoms with Crippen molar-refractivity contribution >= 4 is 29.0 Å². The van der Waals surface area contributed by atoms with Gasteiger partial charge in [0.2, 0.25) is 0 Å². The monoisotopic (exact) mass is 426 g/mol. The molecular weight excluding hydrogens is 404 g/mol. The molecular formula is C21H23ClN6O2. The van der Waals surface area contributed by atoms with Gasteiger partial charge < -0.3 is 20.1 Å². The van der Waals surface area contributed by atoms with Gasteiger partial charge in [-0.3, -0.25) is 4.79 Å². The van der Waals surface area contributed by atoms with Gasteiger partial charge in [-0.25, -0.2) is 0 Å². The summed E-state index contributed by atoms with van der Waals surface area (Å²) >= 11 is 6.26. The number of hydrogen-bond donors (Lipinski definition) is 2. The zero-order valence-corrected chi connectivity index (χ0v) is 17.4. The average molecular weight is 427 g/mol. The van der Waals surface area contributed by atoms with E-state index in [1.165, 1.54) is 12.8 Å². The first-order valence-corrected chi connectivity index (χ1v) is 10.3. The second-order valence-electron chi connectivity index (χ2n) is 7.12. The molecule has 1 fully saturated rings. The van der Waals surface area contributed by atoms with E-state index in [-0.39, 0.29) is 5.91 Å². The van der Waals surface area contributed by atoms with Crippen LogP contribution in [0.15, 0.2) is 41.1 Å². The van der Waals surface area contributed by atoms with Crippen LogP contribution >= 0.6 is 11.6 Å². The predicted octanol–water partition coefficient (Wildman–Crippen LogP) is 3.54. The van der Waals surface area contributed by atoms with E-state index in [4.69, 9.17) is 16.1 Å². The SMILES string of the molecule is Cc1onc(-c2ccccc2Cl)c1C(=O)NCCNc1cc(N2CCCC2)cnn1. The van der Waals surface area contributed by atoms with Gasteiger partial charge in [0.25, 0.3) is 5.91 Å². The van der Waals surface area contributed by atoms with Gasteiger partial charge in [-0.05, 0) is 25.8 Å². The second-order valence-corrected chi connectivity index (χ2v) is 7.53. The third kappa shape index (κ3) is 4.38. The van der Waals surface area contributed by atoms with Crippen LogP contribution in [0.4, 0.5) is 11.5 Å². The molecule has 3 aromatic rings. The minimum absolute atomic E-state index is 0.262. The molecule has 1 aromatic carbocycles. The summed E-state index contributed by atoms with van der Waals surface area (Å²) in [7, 11) is 0. The van der Waals surface area contributed by atoms with Crippen LogP contribution in [0.1, 0.15) is 29.0 Å². The average Bonchev–Trinajstić information content (AvgIpc) is 3.42. The van der Waals surface area contributed by atoms with Gasteiger partial charge in [-0.1, -0.05) is 35.0 Å². The lowest BCUT2D eigenvalue weighted by molar-refractivity contribution is 0.0954. The van der Waals surface area contributed by atoms with Crippen LogP contribution in [0.2, 0.25) is 5.02 Å². The van der Waals surface area contributed by atoms with Crippen molar-refractivity contribution in [2.24, 2.45) is 0 Å². The molecule has 0 radical (unpaired) electrons. The van der Waals surface area contributed by atoms with E-state index in [1.807, 2.05) is 24.3 Å². The first-order valence-electron chi connectivity index (χ1n) is 9.94. The first kappa shape index (κ1) is 20.2. The molecule has 156 valence electrons. The molecule has 30 heavy (non-hydrogen) atoms. The first-order chi connectivity index (χ1) is 14.6. The third-order valence-electron chi connectivity index (χ3n) is 5.05. The fraction of sp³-hybridized carbons (Fsp3) is 0.333. The van der Waals surface area contributed by atoms with Crippen LogP contribution in [0.25, 0.3) is 11.3 Å². The number of aryl methyl sites for hydroxylation is 1. The van der Waals surface area contributed by atoms with Gasteiger partial charge in [-0.15, -0.1) is 5.10 Å². The maximum absolute atomic E-state index is 12.8. The van der Waals surface area contributed by atoms with Crippen LogP contribution in [-0.2, 0) is 0 Å². The minimum Gasteiger partial charge on any atom is -0.370 e. The quantitative estimate of drug-likeness (QED) is 0.558. The van der Waals surface area contributed by atoms with Crippen LogP contribution in [0.5, 0.6) is 0 Å². The minimum atomic E-state index is -0.262. The third-order valence-corrected chi connectivity index (χ3v) is 5.38. The summed E-state index contributed by atoms with van der Waals surface area (Å²) in [5.41, 5.74) is 2.55. The predicted molar refractivity (Wildman–Crippen MR) is 116 cm³/mol. The van der Waals surface area contributed by atoms with Gasteiger partial charge in [0.05, 0.1) is 16.9 Å². The number of halogens is 1. The van der Waals surface area contributed by atoms with Gasteiger partial charge in [-0.2, -0.15) is 5.10 Å². The Balaban J connectivity index is 1.36. The highest BCUT2D eigenvalue weighted by Gasteiger charge is 2.22. The normalized spacial score (nSPS) is 13.5. The summed E-state index contributed by atoms with van der Waals surface area (Å²) in [5.74, 6) is 0.869. The van der Waals surface area contributed by atoms with Crippen LogP contribution in [0.3, 0.4) is 0 Å². The highest BCUT2D eigenvalue weighted by atomic mass is 35.5. The van der Waals surface area contributed by atoms with Crippen molar-refractivity contribution in [3.8, 4) is 11.3 Å². The summed E-state index contributed by atoms with van der Waals surface area (Å²) in [5, 5.41) is 18.8. The van der Waals surface area contributed by atoms with Crippen LogP contribution in [-0.4, -0.2) is 47.4 Å². The van der Waals surface area contributed by atoms with E-state index >= 15 is 0 Å². The van der Waals surface area contributed by atoms with Crippen molar-refractivity contribution in [2.45, 2.75) is 19.8 Å². The number of nitrogens with zero attached hydrogens (tertiary/aromatic N) is 4. The number of amides is 1. The molecule has 0 saturated carbocycles. The zero-order valence-electron chi connectivity index (χ0n) is 16.7. The van der Waals surface area contributed by atoms with E-state index in [0.29, 0.717) is 46.5 Å². The smallest absolute Gasteiger partial charge is 0.257 e. The molecule has 2 N–H and O–H groups in total. The molecule has 0 unspecified atom stereocenters. The summed E-state index contributed by atoms with van der Waals surface area (Å²) in [6.45, 7) is 4.72. The van der Waals surface area contributed by atoms with E-state index in [1.54, 1.807) is 19.2 Å². The Morgan fingerprint density at radius 3 is 2.83 bits per heavy atom. The maximum atomic E-state index is 12.8. The maximum Gasteiger partial charge on any atom is 0.257 e. The van der Waals surface area contributed by atoms with Gasteiger partial charge >= 0.3 is 0 Å². The van der Waals surface area contributed by atoms with Gasteiger partial charge in [0.1, 0.15) is 17.0 Å². The molecule has 0 aliphatic carbocycles. The van der Waals surface area contributed by atoms with Gasteiger partial charge in [0, 0.05) is 37.8 Å². The molecule has 1 aliphatic rings. The van der Waals surface area contributed by atoms with E-state index in [9.17, 15) is 4.79 Å². The lowest BCUT2D eigenvalue weighted by Crippen LogP contribution is -2.29. The molecule has 4 rings (SSSR count). The number of carbonyl (C=O) groups excluding carboxylic acids is 1. The lowest BCUT2D eigenvalue weighted by Gasteiger charge is -2.17. The Morgan fingerprint density at radius 2 is 2.03 bits per heavy atom. The van der Waals surface area contributed by atoms with Crippen molar-refractivity contribution in [1.29, 1.82) is 0 Å². The number of carbonyl (C=O) groups is 1.